The highest BCUT2D eigenvalue weighted by Crippen LogP contribution is 2.33. The molecule has 3 aromatic rings. The predicted octanol–water partition coefficient (Wildman–Crippen LogP) is 3.78. The smallest absolute Gasteiger partial charge is 0.244 e. The molecule has 2 N–H and O–H groups in total. The van der Waals surface area contributed by atoms with Gasteiger partial charge in [0.2, 0.25) is 39.0 Å². The average Bonchev–Trinajstić information content (AvgIpc) is 3.24. The summed E-state index contributed by atoms with van der Waals surface area (Å²) in [4.78, 5) is 12.7. The fourth-order valence-electron chi connectivity index (χ4n) is 3.23. The van der Waals surface area contributed by atoms with E-state index in [0.717, 1.165) is 5.56 Å². The van der Waals surface area contributed by atoms with Crippen molar-refractivity contribution >= 4 is 44.0 Å². The van der Waals surface area contributed by atoms with Gasteiger partial charge in [-0.1, -0.05) is 30.3 Å². The van der Waals surface area contributed by atoms with Gasteiger partial charge in [0, 0.05) is 18.0 Å². The number of fused-ring (bicyclic) bond motifs is 1. The van der Waals surface area contributed by atoms with E-state index in [4.69, 9.17) is 25.5 Å². The van der Waals surface area contributed by atoms with Crippen molar-refractivity contribution in [1.29, 1.82) is 0 Å². The molecule has 1 aliphatic heterocycles. The number of hydrogen-bond acceptors (Lipinski definition) is 7. The number of benzene rings is 2. The van der Waals surface area contributed by atoms with Crippen molar-refractivity contribution in [2.24, 2.45) is 0 Å². The maximum Gasteiger partial charge on any atom is 0.244 e. The van der Waals surface area contributed by atoms with Crippen LogP contribution in [-0.4, -0.2) is 31.4 Å². The Morgan fingerprint density at radius 2 is 1.91 bits per heavy atom. The fraction of sp³-hybridized carbons (Fsp3) is 0.227. The first-order chi connectivity index (χ1) is 15.4. The molecule has 32 heavy (non-hydrogen) atoms. The second-order valence-electron chi connectivity index (χ2n) is 7.14. The third-order valence-electron chi connectivity index (χ3n) is 4.74. The molecule has 1 aliphatic rings. The zero-order chi connectivity index (χ0) is 22.7. The molecule has 2 aromatic carbocycles. The molecule has 168 valence electrons. The average molecular weight is 478 g/mol. The Morgan fingerprint density at radius 3 is 2.66 bits per heavy atom. The van der Waals surface area contributed by atoms with Gasteiger partial charge in [-0.15, -0.1) is 11.6 Å². The molecule has 0 saturated heterocycles. The van der Waals surface area contributed by atoms with Crippen molar-refractivity contribution in [3.63, 3.8) is 0 Å². The van der Waals surface area contributed by atoms with Crippen LogP contribution in [0, 0.1) is 0 Å². The number of anilines is 1. The second kappa shape index (κ2) is 9.13. The lowest BCUT2D eigenvalue weighted by Crippen LogP contribution is -2.17. The van der Waals surface area contributed by atoms with Crippen LogP contribution in [-0.2, 0) is 25.9 Å². The highest BCUT2D eigenvalue weighted by atomic mass is 35.5. The Kier molecular flexibility index (Phi) is 6.29. The number of rotatable bonds is 8. The number of hydrogen-bond donors (Lipinski definition) is 2. The van der Waals surface area contributed by atoms with E-state index in [2.05, 4.69) is 4.72 Å². The zero-order valence-corrected chi connectivity index (χ0v) is 18.4. The summed E-state index contributed by atoms with van der Waals surface area (Å²) in [6, 6.07) is 13.8. The van der Waals surface area contributed by atoms with E-state index in [1.807, 2.05) is 30.3 Å². The Labute approximate surface area is 189 Å². The normalized spacial score (nSPS) is 15.8. The summed E-state index contributed by atoms with van der Waals surface area (Å²) in [5, 5.41) is 10.5. The van der Waals surface area contributed by atoms with E-state index < -0.39 is 27.5 Å². The highest BCUT2D eigenvalue weighted by Gasteiger charge is 2.27. The van der Waals surface area contributed by atoms with Gasteiger partial charge >= 0.3 is 0 Å². The van der Waals surface area contributed by atoms with Gasteiger partial charge in [-0.2, -0.15) is 0 Å². The Balaban J connectivity index is 1.57. The molecule has 4 rings (SSSR count). The molecule has 1 unspecified atom stereocenters. The van der Waals surface area contributed by atoms with Gasteiger partial charge in [0.25, 0.3) is 0 Å². The minimum atomic E-state index is -3.62. The highest BCUT2D eigenvalue weighted by molar-refractivity contribution is 7.92. The van der Waals surface area contributed by atoms with E-state index in [-0.39, 0.29) is 39.8 Å². The fourth-order valence-corrected chi connectivity index (χ4v) is 4.63. The monoisotopic (exact) mass is 477 g/mol. The summed E-state index contributed by atoms with van der Waals surface area (Å²) in [5.41, 5.74) is 0.605. The summed E-state index contributed by atoms with van der Waals surface area (Å²) < 4.78 is 43.4. The maximum atomic E-state index is 12.7. The first-order valence-electron chi connectivity index (χ1n) is 9.79. The number of aromatic hydroxyl groups is 1. The number of halogens is 1. The summed E-state index contributed by atoms with van der Waals surface area (Å²) >= 11 is 5.55. The van der Waals surface area contributed by atoms with Crippen molar-refractivity contribution in [1.82, 2.24) is 0 Å². The van der Waals surface area contributed by atoms with Crippen molar-refractivity contribution in [2.45, 2.75) is 19.1 Å². The first kappa shape index (κ1) is 22.0. The van der Waals surface area contributed by atoms with Crippen LogP contribution in [0.3, 0.4) is 0 Å². The van der Waals surface area contributed by atoms with Crippen LogP contribution >= 0.6 is 11.6 Å². The van der Waals surface area contributed by atoms with E-state index >= 15 is 0 Å². The number of ether oxygens (including phenoxy) is 2. The van der Waals surface area contributed by atoms with Crippen molar-refractivity contribution in [2.75, 3.05) is 16.4 Å². The zero-order valence-electron chi connectivity index (χ0n) is 16.8. The van der Waals surface area contributed by atoms with Crippen LogP contribution < -0.4 is 10.2 Å². The summed E-state index contributed by atoms with van der Waals surface area (Å²) in [6.07, 6.45) is 1.42. The first-order valence-corrected chi connectivity index (χ1v) is 12.0. The van der Waals surface area contributed by atoms with E-state index in [9.17, 15) is 18.3 Å². The van der Waals surface area contributed by atoms with Crippen LogP contribution in [0.25, 0.3) is 16.7 Å². The summed E-state index contributed by atoms with van der Waals surface area (Å²) in [7, 11) is -3.62. The van der Waals surface area contributed by atoms with Gasteiger partial charge in [0.05, 0.1) is 11.1 Å². The topological polar surface area (TPSA) is 115 Å². The van der Waals surface area contributed by atoms with Gasteiger partial charge in [-0.25, -0.2) is 8.42 Å². The molecule has 1 atom stereocenters. The second-order valence-corrected chi connectivity index (χ2v) is 9.36. The van der Waals surface area contributed by atoms with Gasteiger partial charge in [0.15, 0.2) is 0 Å². The molecule has 2 heterocycles. The number of sulfonamides is 1. The SMILES string of the molecule is O=c1c(O)c(C2=COC(Cc3ccccc3)O2)oc2ccc(NS(=O)(=O)CCCCl)cc12. The lowest BCUT2D eigenvalue weighted by atomic mass is 10.1. The molecule has 0 aliphatic carbocycles. The van der Waals surface area contributed by atoms with Crippen LogP contribution in [0.15, 0.2) is 64.0 Å². The van der Waals surface area contributed by atoms with E-state index in [0.29, 0.717) is 12.8 Å². The molecule has 10 heteroatoms. The van der Waals surface area contributed by atoms with Crippen LogP contribution in [0.2, 0.25) is 0 Å². The summed E-state index contributed by atoms with van der Waals surface area (Å²) in [6.45, 7) is 0. The quantitative estimate of drug-likeness (QED) is 0.474. The Bertz CT molecular complexity index is 1320. The molecular weight excluding hydrogens is 458 g/mol. The van der Waals surface area contributed by atoms with E-state index in [1.165, 1.54) is 24.5 Å². The Morgan fingerprint density at radius 1 is 1.12 bits per heavy atom. The third kappa shape index (κ3) is 4.84. The van der Waals surface area contributed by atoms with Gasteiger partial charge in [-0.3, -0.25) is 9.52 Å². The maximum absolute atomic E-state index is 12.7. The minimum Gasteiger partial charge on any atom is -0.501 e. The van der Waals surface area contributed by atoms with E-state index in [1.54, 1.807) is 0 Å². The van der Waals surface area contributed by atoms with Crippen molar-refractivity contribution in [3.8, 4) is 5.75 Å². The molecule has 0 bridgehead atoms. The minimum absolute atomic E-state index is 0.0177. The molecular formula is C22H20ClNO7S. The van der Waals surface area contributed by atoms with Crippen LogP contribution in [0.5, 0.6) is 5.75 Å². The molecule has 1 aromatic heterocycles. The number of nitrogens with one attached hydrogen (secondary N) is 1. The molecule has 0 spiro atoms. The summed E-state index contributed by atoms with van der Waals surface area (Å²) in [5.74, 6) is -0.660. The standard InChI is InChI=1S/C22H20ClNO7S/c23-9-4-10-32(27,28)24-15-7-8-17-16(12-15)20(25)21(26)22(31-17)18-13-29-19(30-18)11-14-5-2-1-3-6-14/h1-3,5-8,12-13,19,24,26H,4,9-11H2. The lowest BCUT2D eigenvalue weighted by Gasteiger charge is -2.12. The molecule has 0 amide bonds. The van der Waals surface area contributed by atoms with Crippen molar-refractivity contribution < 1.29 is 27.4 Å². The lowest BCUT2D eigenvalue weighted by molar-refractivity contribution is -0.0145. The third-order valence-corrected chi connectivity index (χ3v) is 6.38. The van der Waals surface area contributed by atoms with Gasteiger partial charge < -0.3 is 19.0 Å². The van der Waals surface area contributed by atoms with Crippen LogP contribution in [0.1, 0.15) is 17.7 Å². The molecule has 0 fully saturated rings. The largest absolute Gasteiger partial charge is 0.501 e. The number of alkyl halides is 1. The van der Waals surface area contributed by atoms with Gasteiger partial charge in [-0.05, 0) is 30.2 Å². The molecule has 0 radical (unpaired) electrons. The Hall–Kier alpha value is -3.17. The molecule has 0 saturated carbocycles. The van der Waals surface area contributed by atoms with Crippen molar-refractivity contribution in [3.05, 3.63) is 76.3 Å². The molecule has 8 nitrogen and oxygen atoms in total. The predicted molar refractivity (Wildman–Crippen MR) is 121 cm³/mol. The van der Waals surface area contributed by atoms with Crippen LogP contribution in [0.4, 0.5) is 5.69 Å². The van der Waals surface area contributed by atoms with Gasteiger partial charge in [0.1, 0.15) is 11.8 Å².